The lowest BCUT2D eigenvalue weighted by molar-refractivity contribution is 0.127. The van der Waals surface area contributed by atoms with E-state index in [1.807, 2.05) is 0 Å². The zero-order valence-corrected chi connectivity index (χ0v) is 11.9. The summed E-state index contributed by atoms with van der Waals surface area (Å²) in [6, 6.07) is 1.96. The van der Waals surface area contributed by atoms with Gasteiger partial charge in [-0.1, -0.05) is 0 Å². The molecule has 0 radical (unpaired) electrons. The second-order valence-electron chi connectivity index (χ2n) is 4.78. The third-order valence-corrected chi connectivity index (χ3v) is 4.77. The maximum atomic E-state index is 13.5. The number of halogens is 2. The quantitative estimate of drug-likeness (QED) is 0.835. The van der Waals surface area contributed by atoms with Gasteiger partial charge in [0.2, 0.25) is 0 Å². The summed E-state index contributed by atoms with van der Waals surface area (Å²) in [6.07, 6.45) is 1.23. The van der Waals surface area contributed by atoms with Gasteiger partial charge in [-0.2, -0.15) is 0 Å². The Hall–Kier alpha value is -1.21. The van der Waals surface area contributed by atoms with Crippen LogP contribution in [0.25, 0.3) is 0 Å². The average Bonchev–Trinajstić information content (AvgIpc) is 2.79. The summed E-state index contributed by atoms with van der Waals surface area (Å²) in [4.78, 5) is 0. The van der Waals surface area contributed by atoms with E-state index >= 15 is 0 Å². The van der Waals surface area contributed by atoms with E-state index in [-0.39, 0.29) is 17.4 Å². The predicted molar refractivity (Wildman–Crippen MR) is 69.4 cm³/mol. The minimum Gasteiger partial charge on any atom is -0.491 e. The van der Waals surface area contributed by atoms with Crippen molar-refractivity contribution in [2.24, 2.45) is 0 Å². The molecule has 1 aliphatic heterocycles. The van der Waals surface area contributed by atoms with Crippen LogP contribution in [0, 0.1) is 11.6 Å². The third-order valence-electron chi connectivity index (χ3n) is 3.11. The normalized spacial score (nSPS) is 19.2. The first-order valence-electron chi connectivity index (χ1n) is 6.25. The highest BCUT2D eigenvalue weighted by molar-refractivity contribution is 7.90. The topological polar surface area (TPSA) is 52.6 Å². The zero-order chi connectivity index (χ0) is 14.8. The van der Waals surface area contributed by atoms with Crippen LogP contribution in [0.2, 0.25) is 0 Å². The van der Waals surface area contributed by atoms with Crippen molar-refractivity contribution in [3.05, 3.63) is 29.3 Å². The molecule has 112 valence electrons. The molecule has 0 N–H and O–H groups in total. The summed E-state index contributed by atoms with van der Waals surface area (Å²) >= 11 is 0. The molecule has 1 heterocycles. The monoisotopic (exact) mass is 306 g/mol. The second-order valence-corrected chi connectivity index (χ2v) is 6.89. The number of rotatable bonds is 5. The van der Waals surface area contributed by atoms with Gasteiger partial charge in [0.15, 0.2) is 27.2 Å². The van der Waals surface area contributed by atoms with E-state index in [2.05, 4.69) is 4.74 Å². The molecule has 1 fully saturated rings. The molecule has 1 aliphatic rings. The number of hydrogen-bond acceptors (Lipinski definition) is 4. The van der Waals surface area contributed by atoms with Crippen molar-refractivity contribution < 1.29 is 26.7 Å². The summed E-state index contributed by atoms with van der Waals surface area (Å²) in [5.41, 5.74) is 0.0683. The van der Waals surface area contributed by atoms with Gasteiger partial charge in [-0.05, 0) is 30.5 Å². The lowest BCUT2D eigenvalue weighted by atomic mass is 10.2. The molecule has 7 heteroatoms. The van der Waals surface area contributed by atoms with Crippen molar-refractivity contribution in [2.45, 2.75) is 24.7 Å². The lowest BCUT2D eigenvalue weighted by Gasteiger charge is -2.11. The van der Waals surface area contributed by atoms with Crippen LogP contribution in [-0.4, -0.2) is 34.0 Å². The lowest BCUT2D eigenvalue weighted by Crippen LogP contribution is -2.21. The van der Waals surface area contributed by atoms with Crippen LogP contribution in [0.1, 0.15) is 18.4 Å². The van der Waals surface area contributed by atoms with Crippen LogP contribution in [0.15, 0.2) is 12.1 Å². The Morgan fingerprint density at radius 2 is 2.00 bits per heavy atom. The van der Waals surface area contributed by atoms with Crippen LogP contribution in [0.3, 0.4) is 0 Å². The van der Waals surface area contributed by atoms with E-state index in [0.717, 1.165) is 25.7 Å². The molecule has 1 aromatic carbocycles. The molecule has 0 aliphatic carbocycles. The number of sulfone groups is 1. The summed E-state index contributed by atoms with van der Waals surface area (Å²) in [5.74, 6) is -2.86. The SMILES string of the molecule is COc1c(F)cc(CS(=O)(=O)C[C@H]2CCCO2)cc1F. The summed E-state index contributed by atoms with van der Waals surface area (Å²) in [5, 5.41) is 0. The molecule has 4 nitrogen and oxygen atoms in total. The van der Waals surface area contributed by atoms with Crippen molar-refractivity contribution in [1.29, 1.82) is 0 Å². The van der Waals surface area contributed by atoms with Gasteiger partial charge in [-0.3, -0.25) is 0 Å². The molecule has 0 saturated carbocycles. The van der Waals surface area contributed by atoms with Crippen LogP contribution >= 0.6 is 0 Å². The first-order chi connectivity index (χ1) is 9.41. The first-order valence-corrected chi connectivity index (χ1v) is 8.07. The third kappa shape index (κ3) is 3.67. The molecule has 20 heavy (non-hydrogen) atoms. The van der Waals surface area contributed by atoms with E-state index < -0.39 is 33.0 Å². The molecule has 0 aromatic heterocycles. The van der Waals surface area contributed by atoms with Crippen molar-refractivity contribution in [2.75, 3.05) is 19.5 Å². The number of methoxy groups -OCH3 is 1. The standard InChI is InChI=1S/C13H16F2O4S/c1-18-13-11(14)5-9(6-12(13)15)7-20(16,17)8-10-3-2-4-19-10/h5-6,10H,2-4,7-8H2,1H3/t10-/m1/s1. The van der Waals surface area contributed by atoms with Crippen molar-refractivity contribution >= 4 is 9.84 Å². The maximum absolute atomic E-state index is 13.5. The minimum atomic E-state index is -3.47. The van der Waals surface area contributed by atoms with Crippen LogP contribution in [0.5, 0.6) is 5.75 Å². The second kappa shape index (κ2) is 6.05. The molecule has 2 rings (SSSR count). The highest BCUT2D eigenvalue weighted by atomic mass is 32.2. The Labute approximate surface area is 116 Å². The first kappa shape index (κ1) is 15.2. The van der Waals surface area contributed by atoms with Gasteiger partial charge < -0.3 is 9.47 Å². The average molecular weight is 306 g/mol. The molecule has 0 spiro atoms. The van der Waals surface area contributed by atoms with E-state index in [1.165, 1.54) is 0 Å². The summed E-state index contributed by atoms with van der Waals surface area (Å²) in [7, 11) is -2.32. The predicted octanol–water partition coefficient (Wildman–Crippen LogP) is 2.07. The Balaban J connectivity index is 2.12. The Bertz CT molecular complexity index is 557. The molecular formula is C13H16F2O4S. The largest absolute Gasteiger partial charge is 0.491 e. The van der Waals surface area contributed by atoms with Gasteiger partial charge >= 0.3 is 0 Å². The molecular weight excluding hydrogens is 290 g/mol. The highest BCUT2D eigenvalue weighted by Crippen LogP contribution is 2.24. The van der Waals surface area contributed by atoms with Crippen molar-refractivity contribution in [3.8, 4) is 5.75 Å². The van der Waals surface area contributed by atoms with Crippen molar-refractivity contribution in [3.63, 3.8) is 0 Å². The van der Waals surface area contributed by atoms with Crippen LogP contribution in [-0.2, 0) is 20.3 Å². The molecule has 0 unspecified atom stereocenters. The smallest absolute Gasteiger partial charge is 0.190 e. The molecule has 1 aromatic rings. The van der Waals surface area contributed by atoms with Gasteiger partial charge in [-0.15, -0.1) is 0 Å². The number of benzene rings is 1. The van der Waals surface area contributed by atoms with Crippen molar-refractivity contribution in [1.82, 2.24) is 0 Å². The van der Waals surface area contributed by atoms with Gasteiger partial charge in [0.05, 0.1) is 24.7 Å². The van der Waals surface area contributed by atoms with Gasteiger partial charge in [0, 0.05) is 6.61 Å². The van der Waals surface area contributed by atoms with Gasteiger partial charge in [0.1, 0.15) is 0 Å². The Morgan fingerprint density at radius 1 is 1.35 bits per heavy atom. The fourth-order valence-electron chi connectivity index (χ4n) is 2.26. The Kier molecular flexibility index (Phi) is 4.59. The zero-order valence-electron chi connectivity index (χ0n) is 11.1. The van der Waals surface area contributed by atoms with E-state index in [9.17, 15) is 17.2 Å². The van der Waals surface area contributed by atoms with Crippen LogP contribution in [0.4, 0.5) is 8.78 Å². The van der Waals surface area contributed by atoms with E-state index in [0.29, 0.717) is 13.0 Å². The number of ether oxygens (including phenoxy) is 2. The van der Waals surface area contributed by atoms with E-state index in [1.54, 1.807) is 0 Å². The highest BCUT2D eigenvalue weighted by Gasteiger charge is 2.24. The fourth-order valence-corrected chi connectivity index (χ4v) is 3.88. The minimum absolute atomic E-state index is 0.0683. The van der Waals surface area contributed by atoms with Gasteiger partial charge in [0.25, 0.3) is 0 Å². The molecule has 1 saturated heterocycles. The number of hydrogen-bond donors (Lipinski definition) is 0. The molecule has 0 bridgehead atoms. The Morgan fingerprint density at radius 3 is 2.50 bits per heavy atom. The fraction of sp³-hybridized carbons (Fsp3) is 0.538. The maximum Gasteiger partial charge on any atom is 0.190 e. The van der Waals surface area contributed by atoms with Gasteiger partial charge in [-0.25, -0.2) is 17.2 Å². The summed E-state index contributed by atoms with van der Waals surface area (Å²) in [6.45, 7) is 0.561. The molecule has 0 amide bonds. The molecule has 1 atom stereocenters. The van der Waals surface area contributed by atoms with Crippen LogP contribution < -0.4 is 4.74 Å². The van der Waals surface area contributed by atoms with E-state index in [4.69, 9.17) is 4.74 Å². The summed E-state index contributed by atoms with van der Waals surface area (Å²) < 4.78 is 60.8.